The molecule has 1 atom stereocenters. The van der Waals surface area contributed by atoms with E-state index in [2.05, 4.69) is 4.99 Å². The van der Waals surface area contributed by atoms with E-state index in [1.165, 1.54) is 11.0 Å². The van der Waals surface area contributed by atoms with Crippen molar-refractivity contribution in [2.45, 2.75) is 25.4 Å². The molecule has 1 aromatic rings. The molecule has 0 bridgehead atoms. The maximum absolute atomic E-state index is 11.6. The molecule has 0 aromatic heterocycles. The van der Waals surface area contributed by atoms with Crippen molar-refractivity contribution in [2.24, 2.45) is 4.99 Å². The fourth-order valence-corrected chi connectivity index (χ4v) is 1.90. The number of halogens is 1. The highest BCUT2D eigenvalue weighted by Gasteiger charge is 2.25. The van der Waals surface area contributed by atoms with Gasteiger partial charge in [0.2, 0.25) is 6.08 Å². The number of benzene rings is 1. The third-order valence-corrected chi connectivity index (χ3v) is 2.70. The van der Waals surface area contributed by atoms with Gasteiger partial charge in [0.25, 0.3) is 0 Å². The van der Waals surface area contributed by atoms with Gasteiger partial charge in [0.15, 0.2) is 0 Å². The van der Waals surface area contributed by atoms with E-state index in [4.69, 9.17) is 11.6 Å². The van der Waals surface area contributed by atoms with Crippen LogP contribution in [0.3, 0.4) is 0 Å². The smallest absolute Gasteiger partial charge is 0.299 e. The largest absolute Gasteiger partial charge is 0.356 e. The Hall–Kier alpha value is -1.64. The summed E-state index contributed by atoms with van der Waals surface area (Å²) in [6, 6.07) is 8.29. The van der Waals surface area contributed by atoms with Gasteiger partial charge >= 0.3 is 6.03 Å². The summed E-state index contributed by atoms with van der Waals surface area (Å²) in [6.07, 6.45) is 1.23. The van der Waals surface area contributed by atoms with Crippen LogP contribution in [0.15, 0.2) is 35.3 Å². The third-order valence-electron chi connectivity index (χ3n) is 2.24. The molecule has 5 heteroatoms. The molecule has 0 fully saturated rings. The van der Waals surface area contributed by atoms with Crippen LogP contribution >= 0.6 is 11.6 Å². The quantitative estimate of drug-likeness (QED) is 0.359. The van der Waals surface area contributed by atoms with Crippen molar-refractivity contribution in [1.29, 1.82) is 0 Å². The van der Waals surface area contributed by atoms with Crippen molar-refractivity contribution in [1.82, 2.24) is 4.90 Å². The highest BCUT2D eigenvalue weighted by molar-refractivity contribution is 6.21. The number of amides is 2. The van der Waals surface area contributed by atoms with Crippen LogP contribution in [0.25, 0.3) is 0 Å². The van der Waals surface area contributed by atoms with Crippen molar-refractivity contribution in [3.05, 3.63) is 35.9 Å². The van der Waals surface area contributed by atoms with Crippen molar-refractivity contribution in [2.75, 3.05) is 0 Å². The SMILES string of the molecule is CC(C)N(C(=O)N=C=O)C(Cl)c1ccccc1. The zero-order valence-electron chi connectivity index (χ0n) is 9.63. The second-order valence-electron chi connectivity index (χ2n) is 3.73. The van der Waals surface area contributed by atoms with Crippen LogP contribution in [-0.2, 0) is 4.79 Å². The predicted octanol–water partition coefficient (Wildman–Crippen LogP) is 3.09. The molecule has 0 N–H and O–H groups in total. The average molecular weight is 253 g/mol. The van der Waals surface area contributed by atoms with Crippen molar-refractivity contribution >= 4 is 23.7 Å². The lowest BCUT2D eigenvalue weighted by Gasteiger charge is -2.29. The van der Waals surface area contributed by atoms with E-state index in [1.807, 2.05) is 30.3 Å². The highest BCUT2D eigenvalue weighted by Crippen LogP contribution is 2.27. The van der Waals surface area contributed by atoms with E-state index in [0.29, 0.717) is 0 Å². The first-order valence-electron chi connectivity index (χ1n) is 5.17. The molecule has 1 rings (SSSR count). The first kappa shape index (κ1) is 13.4. The van der Waals surface area contributed by atoms with Crippen molar-refractivity contribution < 1.29 is 9.59 Å². The minimum atomic E-state index is -0.682. The van der Waals surface area contributed by atoms with Crippen LogP contribution in [0, 0.1) is 0 Å². The fraction of sp³-hybridized carbons (Fsp3) is 0.333. The standard InChI is InChI=1S/C12H13ClN2O2/c1-9(2)15(12(17)14-8-16)11(13)10-6-4-3-5-7-10/h3-7,9,11H,1-2H3. The molecule has 0 spiro atoms. The summed E-state index contributed by atoms with van der Waals surface area (Å²) < 4.78 is 0. The molecule has 0 heterocycles. The lowest BCUT2D eigenvalue weighted by Crippen LogP contribution is -2.36. The van der Waals surface area contributed by atoms with E-state index in [9.17, 15) is 9.59 Å². The third kappa shape index (κ3) is 3.41. The Labute approximate surface area is 105 Å². The van der Waals surface area contributed by atoms with E-state index in [0.717, 1.165) is 5.56 Å². The number of alkyl halides is 1. The molecule has 17 heavy (non-hydrogen) atoms. The van der Waals surface area contributed by atoms with Crippen LogP contribution in [0.1, 0.15) is 24.9 Å². The lowest BCUT2D eigenvalue weighted by molar-refractivity contribution is 0.186. The normalized spacial score (nSPS) is 11.8. The fourth-order valence-electron chi connectivity index (χ4n) is 1.45. The van der Waals surface area contributed by atoms with Gasteiger partial charge in [-0.3, -0.25) is 4.90 Å². The van der Waals surface area contributed by atoms with Gasteiger partial charge in [-0.15, -0.1) is 4.99 Å². The molecule has 1 aromatic carbocycles. The lowest BCUT2D eigenvalue weighted by atomic mass is 10.2. The van der Waals surface area contributed by atoms with Gasteiger partial charge in [0.05, 0.1) is 0 Å². The van der Waals surface area contributed by atoms with E-state index in [1.54, 1.807) is 13.8 Å². The Balaban J connectivity index is 3.00. The van der Waals surface area contributed by atoms with E-state index < -0.39 is 11.5 Å². The Kier molecular flexibility index (Phi) is 4.88. The first-order chi connectivity index (χ1) is 8.07. The van der Waals surface area contributed by atoms with E-state index in [-0.39, 0.29) is 6.04 Å². The maximum Gasteiger partial charge on any atom is 0.356 e. The number of rotatable bonds is 3. The van der Waals surface area contributed by atoms with Crippen LogP contribution in [0.5, 0.6) is 0 Å². The number of hydrogen-bond acceptors (Lipinski definition) is 2. The molecule has 90 valence electrons. The average Bonchev–Trinajstić information content (AvgIpc) is 2.30. The van der Waals surface area contributed by atoms with Crippen molar-refractivity contribution in [3.63, 3.8) is 0 Å². The summed E-state index contributed by atoms with van der Waals surface area (Å²) >= 11 is 6.21. The monoisotopic (exact) mass is 252 g/mol. The minimum Gasteiger partial charge on any atom is -0.299 e. The van der Waals surface area contributed by atoms with Crippen LogP contribution in [0.4, 0.5) is 4.79 Å². The second kappa shape index (κ2) is 6.18. The zero-order chi connectivity index (χ0) is 12.8. The van der Waals surface area contributed by atoms with Crippen molar-refractivity contribution in [3.8, 4) is 0 Å². The number of carbonyl (C=O) groups is 1. The van der Waals surface area contributed by atoms with Gasteiger partial charge in [-0.05, 0) is 19.4 Å². The van der Waals surface area contributed by atoms with Gasteiger partial charge in [-0.2, -0.15) is 0 Å². The minimum absolute atomic E-state index is 0.165. The number of urea groups is 1. The summed E-state index contributed by atoms with van der Waals surface area (Å²) in [7, 11) is 0. The summed E-state index contributed by atoms with van der Waals surface area (Å²) in [4.78, 5) is 26.1. The van der Waals surface area contributed by atoms with Crippen LogP contribution in [0.2, 0.25) is 0 Å². The molecular weight excluding hydrogens is 240 g/mol. The maximum atomic E-state index is 11.6. The summed E-state index contributed by atoms with van der Waals surface area (Å²) in [6.45, 7) is 3.60. The summed E-state index contributed by atoms with van der Waals surface area (Å²) in [5.74, 6) is 0. The number of isocyanates is 1. The molecule has 4 nitrogen and oxygen atoms in total. The number of carbonyl (C=O) groups excluding carboxylic acids is 2. The molecule has 0 saturated heterocycles. The van der Waals surface area contributed by atoms with Gasteiger partial charge < -0.3 is 0 Å². The van der Waals surface area contributed by atoms with Crippen LogP contribution < -0.4 is 0 Å². The number of aliphatic imine (C=N–C) groups is 1. The Bertz CT molecular complexity index is 427. The number of hydrogen-bond donors (Lipinski definition) is 0. The molecule has 0 aliphatic carbocycles. The first-order valence-corrected chi connectivity index (χ1v) is 5.60. The Morgan fingerprint density at radius 2 is 1.94 bits per heavy atom. The molecular formula is C12H13ClN2O2. The molecule has 0 aliphatic heterocycles. The predicted molar refractivity (Wildman–Crippen MR) is 65.5 cm³/mol. The molecule has 1 unspecified atom stereocenters. The van der Waals surface area contributed by atoms with E-state index >= 15 is 0 Å². The van der Waals surface area contributed by atoms with Gasteiger partial charge in [0, 0.05) is 6.04 Å². The van der Waals surface area contributed by atoms with Gasteiger partial charge in [0.1, 0.15) is 5.50 Å². The topological polar surface area (TPSA) is 49.7 Å². The molecule has 0 saturated carbocycles. The summed E-state index contributed by atoms with van der Waals surface area (Å²) in [5, 5.41) is 0. The summed E-state index contributed by atoms with van der Waals surface area (Å²) in [5.41, 5.74) is 0.123. The highest BCUT2D eigenvalue weighted by atomic mass is 35.5. The molecule has 0 radical (unpaired) electrons. The number of nitrogens with zero attached hydrogens (tertiary/aromatic N) is 2. The van der Waals surface area contributed by atoms with Crippen LogP contribution in [-0.4, -0.2) is 23.1 Å². The molecule has 2 amide bonds. The van der Waals surface area contributed by atoms with Gasteiger partial charge in [-0.1, -0.05) is 41.9 Å². The second-order valence-corrected chi connectivity index (χ2v) is 4.15. The molecule has 0 aliphatic rings. The Morgan fingerprint density at radius 3 is 2.41 bits per heavy atom. The Morgan fingerprint density at radius 1 is 1.35 bits per heavy atom. The zero-order valence-corrected chi connectivity index (χ0v) is 10.4. The van der Waals surface area contributed by atoms with Gasteiger partial charge in [-0.25, -0.2) is 9.59 Å².